The fraction of sp³-hybridized carbons (Fsp3) is 0. The molecule has 0 aliphatic rings. The first-order valence-corrected chi connectivity index (χ1v) is 7.40. The van der Waals surface area contributed by atoms with Gasteiger partial charge < -0.3 is 5.11 Å². The lowest BCUT2D eigenvalue weighted by molar-refractivity contribution is 0.104. The van der Waals surface area contributed by atoms with Crippen molar-refractivity contribution in [1.82, 2.24) is 0 Å². The van der Waals surface area contributed by atoms with E-state index in [0.29, 0.717) is 5.56 Å². The molecule has 0 unspecified atom stereocenters. The SMILES string of the molecule is O=C(C=Cc1cccc(O)c1-c1ccccc1)c1ccccc1. The lowest BCUT2D eigenvalue weighted by atomic mass is 9.97. The number of benzene rings is 3. The molecule has 0 saturated carbocycles. The van der Waals surface area contributed by atoms with Crippen LogP contribution in [0.1, 0.15) is 15.9 Å². The minimum atomic E-state index is -0.0621. The van der Waals surface area contributed by atoms with E-state index in [1.165, 1.54) is 6.08 Å². The molecule has 0 radical (unpaired) electrons. The Morgan fingerprint density at radius 3 is 2.13 bits per heavy atom. The Labute approximate surface area is 135 Å². The Kier molecular flexibility index (Phi) is 4.34. The zero-order chi connectivity index (χ0) is 16.1. The largest absolute Gasteiger partial charge is 0.507 e. The van der Waals surface area contributed by atoms with Gasteiger partial charge in [0.05, 0.1) is 0 Å². The Balaban J connectivity index is 1.97. The summed E-state index contributed by atoms with van der Waals surface area (Å²) in [5.74, 6) is 0.137. The van der Waals surface area contributed by atoms with E-state index in [4.69, 9.17) is 0 Å². The highest BCUT2D eigenvalue weighted by atomic mass is 16.3. The van der Waals surface area contributed by atoms with Crippen LogP contribution >= 0.6 is 0 Å². The molecular formula is C21H16O2. The van der Waals surface area contributed by atoms with E-state index in [1.54, 1.807) is 30.3 Å². The minimum absolute atomic E-state index is 0.0621. The Morgan fingerprint density at radius 2 is 1.43 bits per heavy atom. The molecule has 0 saturated heterocycles. The smallest absolute Gasteiger partial charge is 0.185 e. The Bertz CT molecular complexity index is 834. The number of hydrogen-bond donors (Lipinski definition) is 1. The predicted molar refractivity (Wildman–Crippen MR) is 93.3 cm³/mol. The van der Waals surface area contributed by atoms with Gasteiger partial charge in [0.1, 0.15) is 5.75 Å². The number of carbonyl (C=O) groups excluding carboxylic acids is 1. The van der Waals surface area contributed by atoms with Gasteiger partial charge in [0.15, 0.2) is 5.78 Å². The number of phenolic OH excluding ortho intramolecular Hbond substituents is 1. The number of hydrogen-bond acceptors (Lipinski definition) is 2. The van der Waals surface area contributed by atoms with Crippen LogP contribution in [0.25, 0.3) is 17.2 Å². The summed E-state index contributed by atoms with van der Waals surface area (Å²) in [7, 11) is 0. The van der Waals surface area contributed by atoms with Crippen molar-refractivity contribution in [3.8, 4) is 16.9 Å². The Morgan fingerprint density at radius 1 is 0.783 bits per heavy atom. The molecule has 0 fully saturated rings. The van der Waals surface area contributed by atoms with Crippen LogP contribution in [-0.2, 0) is 0 Å². The molecule has 0 amide bonds. The number of aromatic hydroxyl groups is 1. The molecule has 0 aliphatic carbocycles. The van der Waals surface area contributed by atoms with E-state index in [9.17, 15) is 9.90 Å². The monoisotopic (exact) mass is 300 g/mol. The molecule has 0 aromatic heterocycles. The lowest BCUT2D eigenvalue weighted by Crippen LogP contribution is -1.93. The van der Waals surface area contributed by atoms with Crippen LogP contribution in [0.2, 0.25) is 0 Å². The van der Waals surface area contributed by atoms with Gasteiger partial charge in [-0.25, -0.2) is 0 Å². The van der Waals surface area contributed by atoms with Crippen LogP contribution < -0.4 is 0 Å². The van der Waals surface area contributed by atoms with Crippen LogP contribution in [0.5, 0.6) is 5.75 Å². The Hall–Kier alpha value is -3.13. The van der Waals surface area contributed by atoms with Crippen LogP contribution in [-0.4, -0.2) is 10.9 Å². The molecule has 0 bridgehead atoms. The third-order valence-corrected chi connectivity index (χ3v) is 3.61. The van der Waals surface area contributed by atoms with Crippen LogP contribution in [0.4, 0.5) is 0 Å². The van der Waals surface area contributed by atoms with E-state index in [2.05, 4.69) is 0 Å². The van der Waals surface area contributed by atoms with E-state index in [0.717, 1.165) is 16.7 Å². The number of rotatable bonds is 4. The highest BCUT2D eigenvalue weighted by Crippen LogP contribution is 2.33. The summed E-state index contributed by atoms with van der Waals surface area (Å²) in [6, 6.07) is 24.1. The maximum absolute atomic E-state index is 12.2. The van der Waals surface area contributed by atoms with Crippen molar-refractivity contribution >= 4 is 11.9 Å². The summed E-state index contributed by atoms with van der Waals surface area (Å²) in [4.78, 5) is 12.2. The molecule has 0 aliphatic heterocycles. The van der Waals surface area contributed by atoms with Gasteiger partial charge in [-0.2, -0.15) is 0 Å². The quantitative estimate of drug-likeness (QED) is 0.546. The van der Waals surface area contributed by atoms with Gasteiger partial charge in [0, 0.05) is 11.1 Å². The second kappa shape index (κ2) is 6.75. The molecule has 2 nitrogen and oxygen atoms in total. The summed E-state index contributed by atoms with van der Waals surface area (Å²) in [5.41, 5.74) is 3.09. The molecule has 23 heavy (non-hydrogen) atoms. The minimum Gasteiger partial charge on any atom is -0.507 e. The van der Waals surface area contributed by atoms with Gasteiger partial charge in [0.25, 0.3) is 0 Å². The van der Waals surface area contributed by atoms with Crippen LogP contribution in [0.3, 0.4) is 0 Å². The first-order valence-electron chi connectivity index (χ1n) is 7.40. The van der Waals surface area contributed by atoms with Crippen molar-refractivity contribution in [3.63, 3.8) is 0 Å². The third kappa shape index (κ3) is 3.38. The highest BCUT2D eigenvalue weighted by molar-refractivity contribution is 6.07. The maximum Gasteiger partial charge on any atom is 0.185 e. The highest BCUT2D eigenvalue weighted by Gasteiger charge is 2.08. The molecule has 112 valence electrons. The molecule has 3 aromatic rings. The van der Waals surface area contributed by atoms with Gasteiger partial charge in [-0.1, -0.05) is 78.9 Å². The zero-order valence-corrected chi connectivity index (χ0v) is 12.5. The average Bonchev–Trinajstić information content (AvgIpc) is 2.61. The standard InChI is InChI=1S/C21H16O2/c22-19(16-8-3-1-4-9-16)15-14-18-12-7-13-20(23)21(18)17-10-5-2-6-11-17/h1-15,23H. The van der Waals surface area contributed by atoms with Crippen LogP contribution in [0.15, 0.2) is 84.9 Å². The summed E-state index contributed by atoms with van der Waals surface area (Å²) >= 11 is 0. The number of phenols is 1. The first-order chi connectivity index (χ1) is 11.3. The van der Waals surface area contributed by atoms with Crippen LogP contribution in [0, 0.1) is 0 Å². The van der Waals surface area contributed by atoms with Crippen molar-refractivity contribution in [2.75, 3.05) is 0 Å². The van der Waals surface area contributed by atoms with Gasteiger partial charge in [-0.05, 0) is 23.3 Å². The molecule has 2 heteroatoms. The van der Waals surface area contributed by atoms with Crippen molar-refractivity contribution in [2.24, 2.45) is 0 Å². The van der Waals surface area contributed by atoms with Crippen molar-refractivity contribution < 1.29 is 9.90 Å². The fourth-order valence-corrected chi connectivity index (χ4v) is 2.48. The second-order valence-electron chi connectivity index (χ2n) is 5.17. The van der Waals surface area contributed by atoms with E-state index >= 15 is 0 Å². The number of ketones is 1. The summed E-state index contributed by atoms with van der Waals surface area (Å²) in [6.45, 7) is 0. The molecular weight excluding hydrogens is 284 g/mol. The summed E-state index contributed by atoms with van der Waals surface area (Å²) < 4.78 is 0. The van der Waals surface area contributed by atoms with Gasteiger partial charge in [-0.3, -0.25) is 4.79 Å². The lowest BCUT2D eigenvalue weighted by Gasteiger charge is -2.08. The summed E-state index contributed by atoms with van der Waals surface area (Å²) in [6.07, 6.45) is 3.29. The molecule has 3 aromatic carbocycles. The van der Waals surface area contributed by atoms with Crippen molar-refractivity contribution in [3.05, 3.63) is 96.1 Å². The molecule has 3 rings (SSSR count). The fourth-order valence-electron chi connectivity index (χ4n) is 2.48. The zero-order valence-electron chi connectivity index (χ0n) is 12.5. The third-order valence-electron chi connectivity index (χ3n) is 3.61. The van der Waals surface area contributed by atoms with Crippen molar-refractivity contribution in [1.29, 1.82) is 0 Å². The van der Waals surface area contributed by atoms with E-state index in [1.807, 2.05) is 54.6 Å². The molecule has 0 spiro atoms. The maximum atomic E-state index is 12.2. The van der Waals surface area contributed by atoms with E-state index < -0.39 is 0 Å². The first kappa shape index (κ1) is 14.8. The number of carbonyl (C=O) groups is 1. The normalized spacial score (nSPS) is 10.8. The second-order valence-corrected chi connectivity index (χ2v) is 5.17. The molecule has 0 heterocycles. The molecule has 1 N–H and O–H groups in total. The average molecular weight is 300 g/mol. The summed E-state index contributed by atoms with van der Waals surface area (Å²) in [5, 5.41) is 10.2. The topological polar surface area (TPSA) is 37.3 Å². The van der Waals surface area contributed by atoms with E-state index in [-0.39, 0.29) is 11.5 Å². The van der Waals surface area contributed by atoms with Crippen molar-refractivity contribution in [2.45, 2.75) is 0 Å². The number of allylic oxidation sites excluding steroid dienone is 1. The molecule has 0 atom stereocenters. The van der Waals surface area contributed by atoms with Gasteiger partial charge in [-0.15, -0.1) is 0 Å². The predicted octanol–water partition coefficient (Wildman–Crippen LogP) is 4.96. The van der Waals surface area contributed by atoms with Gasteiger partial charge in [0.2, 0.25) is 0 Å². The van der Waals surface area contributed by atoms with Gasteiger partial charge >= 0.3 is 0 Å².